The Labute approximate surface area is 102 Å². The first-order valence-electron chi connectivity index (χ1n) is 5.19. The number of rotatable bonds is 5. The summed E-state index contributed by atoms with van der Waals surface area (Å²) in [7, 11) is -3.46. The van der Waals surface area contributed by atoms with Gasteiger partial charge in [0.05, 0.1) is 11.6 Å². The van der Waals surface area contributed by atoms with Gasteiger partial charge in [0.1, 0.15) is 0 Å². The van der Waals surface area contributed by atoms with Crippen molar-refractivity contribution in [1.29, 1.82) is 5.26 Å². The van der Waals surface area contributed by atoms with Gasteiger partial charge in [0, 0.05) is 12.6 Å². The fraction of sp³-hybridized carbons (Fsp3) is 0.364. The predicted octanol–water partition coefficient (Wildman–Crippen LogP) is 0.891. The highest BCUT2D eigenvalue weighted by Gasteiger charge is 2.10. The van der Waals surface area contributed by atoms with Gasteiger partial charge >= 0.3 is 0 Å². The van der Waals surface area contributed by atoms with E-state index in [1.807, 2.05) is 6.07 Å². The Morgan fingerprint density at radius 2 is 1.88 bits per heavy atom. The Morgan fingerprint density at radius 1 is 1.29 bits per heavy atom. The molecular formula is C11H15N3O2S. The predicted molar refractivity (Wildman–Crippen MR) is 65.2 cm³/mol. The molecule has 0 aliphatic carbocycles. The lowest BCUT2D eigenvalue weighted by Crippen LogP contribution is -2.39. The van der Waals surface area contributed by atoms with Crippen molar-refractivity contribution in [3.63, 3.8) is 0 Å². The van der Waals surface area contributed by atoms with Gasteiger partial charge in [0.15, 0.2) is 0 Å². The zero-order valence-corrected chi connectivity index (χ0v) is 10.6. The van der Waals surface area contributed by atoms with E-state index in [1.165, 1.54) is 0 Å². The third-order valence-electron chi connectivity index (χ3n) is 1.94. The van der Waals surface area contributed by atoms with Crippen LogP contribution in [0.1, 0.15) is 25.0 Å². The van der Waals surface area contributed by atoms with E-state index in [1.54, 1.807) is 38.1 Å². The lowest BCUT2D eigenvalue weighted by atomic mass is 10.1. The maximum Gasteiger partial charge on any atom is 0.277 e. The Bertz CT molecular complexity index is 501. The highest BCUT2D eigenvalue weighted by molar-refractivity contribution is 7.87. The second-order valence-corrected chi connectivity index (χ2v) is 5.44. The van der Waals surface area contributed by atoms with Gasteiger partial charge in [0.25, 0.3) is 10.2 Å². The van der Waals surface area contributed by atoms with E-state index in [2.05, 4.69) is 9.44 Å². The van der Waals surface area contributed by atoms with Crippen LogP contribution in [0, 0.1) is 11.3 Å². The fourth-order valence-corrected chi connectivity index (χ4v) is 2.29. The van der Waals surface area contributed by atoms with Crippen molar-refractivity contribution in [2.75, 3.05) is 0 Å². The molecule has 17 heavy (non-hydrogen) atoms. The van der Waals surface area contributed by atoms with Gasteiger partial charge in [-0.1, -0.05) is 12.1 Å². The Hall–Kier alpha value is -1.42. The topological polar surface area (TPSA) is 82.0 Å². The van der Waals surface area contributed by atoms with Gasteiger partial charge in [-0.15, -0.1) is 0 Å². The summed E-state index contributed by atoms with van der Waals surface area (Å²) in [5.41, 5.74) is 1.36. The summed E-state index contributed by atoms with van der Waals surface area (Å²) in [6.07, 6.45) is 0. The minimum Gasteiger partial charge on any atom is -0.200 e. The normalized spacial score (nSPS) is 11.4. The van der Waals surface area contributed by atoms with Crippen LogP contribution in [-0.4, -0.2) is 14.5 Å². The van der Waals surface area contributed by atoms with Gasteiger partial charge in [0.2, 0.25) is 0 Å². The zero-order valence-electron chi connectivity index (χ0n) is 9.77. The van der Waals surface area contributed by atoms with Gasteiger partial charge in [-0.25, -0.2) is 0 Å². The number of nitrogens with one attached hydrogen (secondary N) is 2. The molecule has 1 aromatic rings. The largest absolute Gasteiger partial charge is 0.277 e. The molecule has 92 valence electrons. The minimum atomic E-state index is -3.46. The number of nitrogens with zero attached hydrogens (tertiary/aromatic N) is 1. The van der Waals surface area contributed by atoms with Crippen LogP contribution >= 0.6 is 0 Å². The summed E-state index contributed by atoms with van der Waals surface area (Å²) in [4.78, 5) is 0. The molecule has 1 rings (SSSR count). The average Bonchev–Trinajstić information content (AvgIpc) is 2.25. The van der Waals surface area contributed by atoms with Gasteiger partial charge in [-0.3, -0.25) is 0 Å². The number of hydrogen-bond donors (Lipinski definition) is 2. The Balaban J connectivity index is 2.59. The van der Waals surface area contributed by atoms with Crippen LogP contribution < -0.4 is 9.44 Å². The number of hydrogen-bond acceptors (Lipinski definition) is 3. The van der Waals surface area contributed by atoms with E-state index < -0.39 is 10.2 Å². The summed E-state index contributed by atoms with van der Waals surface area (Å²) in [5, 5.41) is 8.62. The molecule has 0 aromatic heterocycles. The SMILES string of the molecule is CC(C)NS(=O)(=O)NCc1ccc(C#N)cc1. The molecule has 0 spiro atoms. The van der Waals surface area contributed by atoms with E-state index in [9.17, 15) is 8.42 Å². The Kier molecular flexibility index (Phi) is 4.63. The standard InChI is InChI=1S/C11H15N3O2S/c1-9(2)14-17(15,16)13-8-11-5-3-10(7-12)4-6-11/h3-6,9,13-14H,8H2,1-2H3. The van der Waals surface area contributed by atoms with Crippen molar-refractivity contribution in [3.05, 3.63) is 35.4 Å². The summed E-state index contributed by atoms with van der Waals surface area (Å²) < 4.78 is 27.8. The average molecular weight is 253 g/mol. The summed E-state index contributed by atoms with van der Waals surface area (Å²) >= 11 is 0. The molecule has 0 bridgehead atoms. The molecule has 0 aliphatic heterocycles. The fourth-order valence-electron chi connectivity index (χ4n) is 1.23. The minimum absolute atomic E-state index is 0.145. The molecular weight excluding hydrogens is 238 g/mol. The molecule has 2 N–H and O–H groups in total. The quantitative estimate of drug-likeness (QED) is 0.817. The zero-order chi connectivity index (χ0) is 12.9. The molecule has 0 saturated carbocycles. The molecule has 0 fully saturated rings. The Morgan fingerprint density at radius 3 is 2.35 bits per heavy atom. The first-order chi connectivity index (χ1) is 7.93. The molecule has 0 amide bonds. The maximum absolute atomic E-state index is 11.5. The molecule has 0 unspecified atom stereocenters. The van der Waals surface area contributed by atoms with Crippen LogP contribution in [0.5, 0.6) is 0 Å². The highest BCUT2D eigenvalue weighted by atomic mass is 32.2. The van der Waals surface area contributed by atoms with Crippen LogP contribution in [0.15, 0.2) is 24.3 Å². The lowest BCUT2D eigenvalue weighted by Gasteiger charge is -2.10. The van der Waals surface area contributed by atoms with E-state index in [-0.39, 0.29) is 12.6 Å². The third-order valence-corrected chi connectivity index (χ3v) is 3.25. The molecule has 0 saturated heterocycles. The van der Waals surface area contributed by atoms with Crippen LogP contribution in [0.4, 0.5) is 0 Å². The summed E-state index contributed by atoms with van der Waals surface area (Å²) in [5.74, 6) is 0. The monoisotopic (exact) mass is 253 g/mol. The van der Waals surface area contributed by atoms with E-state index in [4.69, 9.17) is 5.26 Å². The number of benzene rings is 1. The second kappa shape index (κ2) is 5.77. The molecule has 0 aliphatic rings. The van der Waals surface area contributed by atoms with E-state index in [0.717, 1.165) is 5.56 Å². The smallest absolute Gasteiger partial charge is 0.200 e. The van der Waals surface area contributed by atoms with Crippen molar-refractivity contribution < 1.29 is 8.42 Å². The van der Waals surface area contributed by atoms with Gasteiger partial charge in [-0.05, 0) is 31.5 Å². The van der Waals surface area contributed by atoms with Crippen LogP contribution in [0.2, 0.25) is 0 Å². The molecule has 0 atom stereocenters. The van der Waals surface area contributed by atoms with Crippen molar-refractivity contribution in [1.82, 2.24) is 9.44 Å². The number of nitriles is 1. The molecule has 0 radical (unpaired) electrons. The molecule has 6 heteroatoms. The van der Waals surface area contributed by atoms with Crippen LogP contribution in [0.3, 0.4) is 0 Å². The maximum atomic E-state index is 11.5. The van der Waals surface area contributed by atoms with E-state index in [0.29, 0.717) is 5.56 Å². The van der Waals surface area contributed by atoms with Gasteiger partial charge in [-0.2, -0.15) is 23.1 Å². The van der Waals surface area contributed by atoms with Crippen molar-refractivity contribution in [2.45, 2.75) is 26.4 Å². The summed E-state index contributed by atoms with van der Waals surface area (Å²) in [6, 6.07) is 8.60. The first-order valence-corrected chi connectivity index (χ1v) is 6.67. The molecule has 1 aromatic carbocycles. The van der Waals surface area contributed by atoms with Crippen LogP contribution in [0.25, 0.3) is 0 Å². The molecule has 5 nitrogen and oxygen atoms in total. The first kappa shape index (κ1) is 13.6. The lowest BCUT2D eigenvalue weighted by molar-refractivity contribution is 0.554. The van der Waals surface area contributed by atoms with Crippen molar-refractivity contribution in [2.24, 2.45) is 0 Å². The third kappa shape index (κ3) is 4.95. The van der Waals surface area contributed by atoms with Crippen LogP contribution in [-0.2, 0) is 16.8 Å². The van der Waals surface area contributed by atoms with Gasteiger partial charge < -0.3 is 0 Å². The van der Waals surface area contributed by atoms with Crippen molar-refractivity contribution in [3.8, 4) is 6.07 Å². The highest BCUT2D eigenvalue weighted by Crippen LogP contribution is 2.03. The summed E-state index contributed by atoms with van der Waals surface area (Å²) in [6.45, 7) is 3.70. The van der Waals surface area contributed by atoms with E-state index >= 15 is 0 Å². The molecule has 0 heterocycles. The van der Waals surface area contributed by atoms with Crippen molar-refractivity contribution >= 4 is 10.2 Å². The second-order valence-electron chi connectivity index (χ2n) is 3.91.